The van der Waals surface area contributed by atoms with Crippen molar-refractivity contribution in [2.45, 2.75) is 38.1 Å². The molecule has 2 aliphatic heterocycles. The number of rotatable bonds is 5. The minimum atomic E-state index is -3.42. The fraction of sp³-hybridized carbons (Fsp3) is 0.429. The number of sulfonamides is 1. The molecule has 0 spiro atoms. The van der Waals surface area contributed by atoms with E-state index in [1.54, 1.807) is 35.4 Å². The third kappa shape index (κ3) is 4.58. The molecule has 154 valence electrons. The highest BCUT2D eigenvalue weighted by Crippen LogP contribution is 2.26. The fourth-order valence-electron chi connectivity index (χ4n) is 4.06. The summed E-state index contributed by atoms with van der Waals surface area (Å²) < 4.78 is 40.3. The summed E-state index contributed by atoms with van der Waals surface area (Å²) in [5.41, 5.74) is 1.53. The Morgan fingerprint density at radius 2 is 1.90 bits per heavy atom. The molecule has 1 aromatic carbocycles. The first-order valence-electron chi connectivity index (χ1n) is 9.96. The normalized spacial score (nSPS) is 20.8. The number of amides is 1. The van der Waals surface area contributed by atoms with Crippen molar-refractivity contribution in [3.8, 4) is 0 Å². The number of fused-ring (bicyclic) bond motifs is 1. The van der Waals surface area contributed by atoms with Gasteiger partial charge in [0.2, 0.25) is 0 Å². The molecule has 4 rings (SSSR count). The quantitative estimate of drug-likeness (QED) is 0.739. The van der Waals surface area contributed by atoms with Crippen molar-refractivity contribution >= 4 is 21.8 Å². The van der Waals surface area contributed by atoms with Crippen LogP contribution in [0.1, 0.15) is 31.2 Å². The first-order valence-corrected chi connectivity index (χ1v) is 11.6. The topological polar surface area (TPSA) is 70.0 Å². The van der Waals surface area contributed by atoms with Gasteiger partial charge in [0, 0.05) is 25.3 Å². The van der Waals surface area contributed by atoms with Gasteiger partial charge in [-0.1, -0.05) is 25.0 Å². The minimum absolute atomic E-state index is 0.0530. The maximum atomic E-state index is 13.3. The summed E-state index contributed by atoms with van der Waals surface area (Å²) in [5.74, 6) is -0.0237. The number of carbonyl (C=O) groups is 1. The monoisotopic (exact) mass is 417 g/mol. The Kier molecular flexibility index (Phi) is 5.54. The second kappa shape index (κ2) is 8.10. The van der Waals surface area contributed by atoms with Crippen molar-refractivity contribution in [2.24, 2.45) is 4.40 Å². The maximum absolute atomic E-state index is 13.3. The summed E-state index contributed by atoms with van der Waals surface area (Å²) in [5, 5.41) is 0. The van der Waals surface area contributed by atoms with Crippen LogP contribution in [0.3, 0.4) is 0 Å². The molecule has 2 heterocycles. The van der Waals surface area contributed by atoms with Crippen LogP contribution in [-0.4, -0.2) is 54.8 Å². The van der Waals surface area contributed by atoms with Crippen molar-refractivity contribution < 1.29 is 17.6 Å². The van der Waals surface area contributed by atoms with E-state index < -0.39 is 10.0 Å². The lowest BCUT2D eigenvalue weighted by atomic mass is 10.1. The van der Waals surface area contributed by atoms with E-state index >= 15 is 0 Å². The second-order valence-electron chi connectivity index (χ2n) is 7.66. The van der Waals surface area contributed by atoms with E-state index in [4.69, 9.17) is 0 Å². The molecule has 1 amide bonds. The predicted molar refractivity (Wildman–Crippen MR) is 109 cm³/mol. The fourth-order valence-corrected chi connectivity index (χ4v) is 5.03. The maximum Gasteiger partial charge on any atom is 0.256 e. The first-order chi connectivity index (χ1) is 13.9. The summed E-state index contributed by atoms with van der Waals surface area (Å²) >= 11 is 0. The van der Waals surface area contributed by atoms with Crippen LogP contribution >= 0.6 is 0 Å². The van der Waals surface area contributed by atoms with Gasteiger partial charge in [0.05, 0.1) is 11.3 Å². The zero-order valence-corrected chi connectivity index (χ0v) is 16.9. The van der Waals surface area contributed by atoms with E-state index in [0.29, 0.717) is 30.9 Å². The zero-order chi connectivity index (χ0) is 20.4. The van der Waals surface area contributed by atoms with Crippen molar-refractivity contribution in [1.29, 1.82) is 0 Å². The van der Waals surface area contributed by atoms with Crippen LogP contribution in [-0.2, 0) is 21.2 Å². The van der Waals surface area contributed by atoms with E-state index in [2.05, 4.69) is 4.40 Å². The molecule has 0 N–H and O–H groups in total. The van der Waals surface area contributed by atoms with Crippen LogP contribution in [0.2, 0.25) is 0 Å². The van der Waals surface area contributed by atoms with Crippen LogP contribution in [0.4, 0.5) is 4.39 Å². The molecule has 3 aliphatic rings. The molecule has 1 fully saturated rings. The summed E-state index contributed by atoms with van der Waals surface area (Å²) in [7, 11) is -3.42. The summed E-state index contributed by atoms with van der Waals surface area (Å²) in [4.78, 5) is 17.0. The number of amidine groups is 1. The average molecular weight is 418 g/mol. The molecule has 6 nitrogen and oxygen atoms in total. The Labute approximate surface area is 170 Å². The van der Waals surface area contributed by atoms with E-state index in [9.17, 15) is 17.6 Å². The Morgan fingerprint density at radius 3 is 2.62 bits per heavy atom. The molecule has 1 aliphatic carbocycles. The third-order valence-electron chi connectivity index (χ3n) is 5.65. The van der Waals surface area contributed by atoms with Gasteiger partial charge in [-0.15, -0.1) is 4.40 Å². The summed E-state index contributed by atoms with van der Waals surface area (Å²) in [6, 6.07) is 6.59. The second-order valence-corrected chi connectivity index (χ2v) is 9.41. The predicted octanol–water partition coefficient (Wildman–Crippen LogP) is 2.64. The summed E-state index contributed by atoms with van der Waals surface area (Å²) in [6.45, 7) is 0.858. The number of hydrogen-bond acceptors (Lipinski definition) is 4. The van der Waals surface area contributed by atoms with Gasteiger partial charge in [0.15, 0.2) is 0 Å². The standard InChI is InChI=1S/C21H24FN3O3S/c22-18-8-5-16(6-9-18)11-12-25(19-3-1-2-4-19)21(26)17-7-10-20-23-29(27,28)14-13-24(20)15-17/h5-10,15,19H,1-4,11-14H2. The van der Waals surface area contributed by atoms with Crippen molar-refractivity contribution in [3.05, 3.63) is 59.6 Å². The van der Waals surface area contributed by atoms with Crippen LogP contribution in [0.15, 0.2) is 52.6 Å². The molecule has 1 aromatic rings. The van der Waals surface area contributed by atoms with Gasteiger partial charge < -0.3 is 9.80 Å². The number of hydrogen-bond donors (Lipinski definition) is 0. The lowest BCUT2D eigenvalue weighted by Crippen LogP contribution is -2.43. The van der Waals surface area contributed by atoms with Crippen LogP contribution in [0, 0.1) is 5.82 Å². The molecular weight excluding hydrogens is 393 g/mol. The highest BCUT2D eigenvalue weighted by atomic mass is 32.2. The Hall–Kier alpha value is -2.48. The number of halogens is 1. The largest absolute Gasteiger partial charge is 0.335 e. The lowest BCUT2D eigenvalue weighted by Gasteiger charge is -2.32. The van der Waals surface area contributed by atoms with E-state index in [1.807, 2.05) is 4.90 Å². The molecule has 0 radical (unpaired) electrons. The molecule has 0 unspecified atom stereocenters. The van der Waals surface area contributed by atoms with E-state index in [-0.39, 0.29) is 23.5 Å². The van der Waals surface area contributed by atoms with Gasteiger partial charge in [-0.05, 0) is 49.1 Å². The summed E-state index contributed by atoms with van der Waals surface area (Å²) in [6.07, 6.45) is 9.81. The van der Waals surface area contributed by atoms with Gasteiger partial charge in [-0.3, -0.25) is 4.79 Å². The molecule has 8 heteroatoms. The molecule has 0 aromatic heterocycles. The Balaban J connectivity index is 1.51. The molecule has 29 heavy (non-hydrogen) atoms. The first kappa shape index (κ1) is 19.8. The molecular formula is C21H24FN3O3S. The van der Waals surface area contributed by atoms with Gasteiger partial charge in [-0.25, -0.2) is 12.8 Å². The number of carbonyl (C=O) groups excluding carboxylic acids is 1. The molecule has 0 bridgehead atoms. The van der Waals surface area contributed by atoms with E-state index in [0.717, 1.165) is 31.2 Å². The van der Waals surface area contributed by atoms with Crippen LogP contribution in [0.5, 0.6) is 0 Å². The van der Waals surface area contributed by atoms with E-state index in [1.165, 1.54) is 12.1 Å². The smallest absolute Gasteiger partial charge is 0.256 e. The number of benzene rings is 1. The van der Waals surface area contributed by atoms with Crippen molar-refractivity contribution in [2.75, 3.05) is 18.8 Å². The van der Waals surface area contributed by atoms with Crippen LogP contribution < -0.4 is 0 Å². The van der Waals surface area contributed by atoms with Gasteiger partial charge in [-0.2, -0.15) is 0 Å². The highest BCUT2D eigenvalue weighted by Gasteiger charge is 2.30. The van der Waals surface area contributed by atoms with Crippen molar-refractivity contribution in [3.63, 3.8) is 0 Å². The molecule has 1 saturated carbocycles. The Morgan fingerprint density at radius 1 is 1.17 bits per heavy atom. The van der Waals surface area contributed by atoms with Gasteiger partial charge in [0.1, 0.15) is 11.7 Å². The molecule has 0 saturated heterocycles. The highest BCUT2D eigenvalue weighted by molar-refractivity contribution is 7.90. The Bertz CT molecular complexity index is 977. The SMILES string of the molecule is O=C(C1=CN2CCS(=O)(=O)N=C2C=C1)N(CCc1ccc(F)cc1)C1CCCC1. The zero-order valence-electron chi connectivity index (χ0n) is 16.1. The van der Waals surface area contributed by atoms with Gasteiger partial charge >= 0.3 is 0 Å². The average Bonchev–Trinajstić information content (AvgIpc) is 3.23. The van der Waals surface area contributed by atoms with Crippen molar-refractivity contribution in [1.82, 2.24) is 9.80 Å². The lowest BCUT2D eigenvalue weighted by molar-refractivity contribution is -0.129. The number of nitrogens with zero attached hydrogens (tertiary/aromatic N) is 3. The van der Waals surface area contributed by atoms with Gasteiger partial charge in [0.25, 0.3) is 15.9 Å². The molecule has 0 atom stereocenters. The van der Waals surface area contributed by atoms with Crippen LogP contribution in [0.25, 0.3) is 0 Å². The third-order valence-corrected chi connectivity index (χ3v) is 6.82. The minimum Gasteiger partial charge on any atom is -0.335 e.